The maximum absolute atomic E-state index is 12.2. The molecule has 24 heavy (non-hydrogen) atoms. The number of aromatic nitrogens is 2. The third kappa shape index (κ3) is 5.37. The minimum Gasteiger partial charge on any atom is -0.339 e. The number of nitrogens with zero attached hydrogens (tertiary/aromatic N) is 2. The first-order chi connectivity index (χ1) is 11.4. The van der Waals surface area contributed by atoms with Gasteiger partial charge in [0.2, 0.25) is 5.91 Å². The highest BCUT2D eigenvalue weighted by molar-refractivity contribution is 6.50. The Morgan fingerprint density at radius 2 is 2.21 bits per heavy atom. The van der Waals surface area contributed by atoms with E-state index in [2.05, 4.69) is 26.4 Å². The van der Waals surface area contributed by atoms with Gasteiger partial charge in [-0.2, -0.15) is 0 Å². The highest BCUT2D eigenvalue weighted by atomic mass is 35.5. The Balaban J connectivity index is 1.98. The van der Waals surface area contributed by atoms with E-state index in [0.29, 0.717) is 18.1 Å². The Labute approximate surface area is 147 Å². The SMILES string of the molecule is C#CC(C)(C)NBc1cc(NC(=O)Cc2ccncc2Cl)ccn1. The molecule has 0 aliphatic carbocycles. The number of rotatable bonds is 6. The van der Waals surface area contributed by atoms with Gasteiger partial charge in [0.15, 0.2) is 0 Å². The molecule has 122 valence electrons. The minimum atomic E-state index is -0.418. The fourth-order valence-corrected chi connectivity index (χ4v) is 2.13. The molecule has 2 aromatic heterocycles. The number of anilines is 1. The standard InChI is InChI=1S/C17H18BClN4O/c1-4-17(2,3)23-18-15-10-13(6-8-21-15)22-16(24)9-12-5-7-20-11-14(12)19/h1,5-8,10-11,18,23H,9H2,2-3H3,(H,21,22,24). The van der Waals surface area contributed by atoms with E-state index in [-0.39, 0.29) is 12.3 Å². The average molecular weight is 341 g/mol. The summed E-state index contributed by atoms with van der Waals surface area (Å²) >= 11 is 6.02. The lowest BCUT2D eigenvalue weighted by atomic mass is 9.84. The number of carbonyl (C=O) groups excluding carboxylic acids is 1. The lowest BCUT2D eigenvalue weighted by molar-refractivity contribution is -0.115. The molecule has 0 radical (unpaired) electrons. The Hall–Kier alpha value is -2.36. The van der Waals surface area contributed by atoms with Gasteiger partial charge < -0.3 is 10.5 Å². The van der Waals surface area contributed by atoms with Gasteiger partial charge in [0.25, 0.3) is 7.41 Å². The summed E-state index contributed by atoms with van der Waals surface area (Å²) in [6, 6.07) is 5.28. The Morgan fingerprint density at radius 3 is 2.92 bits per heavy atom. The molecule has 7 heteroatoms. The molecule has 0 saturated carbocycles. The first-order valence-corrected chi connectivity index (χ1v) is 7.83. The average Bonchev–Trinajstić information content (AvgIpc) is 2.56. The summed E-state index contributed by atoms with van der Waals surface area (Å²) in [5.74, 6) is 2.51. The monoisotopic (exact) mass is 340 g/mol. The zero-order chi connectivity index (χ0) is 17.6. The summed E-state index contributed by atoms with van der Waals surface area (Å²) in [7, 11) is 0.511. The number of nitrogens with one attached hydrogen (secondary N) is 2. The summed E-state index contributed by atoms with van der Waals surface area (Å²) in [4.78, 5) is 20.3. The van der Waals surface area contributed by atoms with Crippen LogP contribution in [0.15, 0.2) is 36.8 Å². The number of terminal acetylenes is 1. The molecule has 0 saturated heterocycles. The first-order valence-electron chi connectivity index (χ1n) is 7.45. The van der Waals surface area contributed by atoms with Crippen LogP contribution in [-0.2, 0) is 11.2 Å². The van der Waals surface area contributed by atoms with Crippen LogP contribution in [0.3, 0.4) is 0 Å². The maximum atomic E-state index is 12.2. The van der Waals surface area contributed by atoms with Gasteiger partial charge in [0.1, 0.15) is 0 Å². The van der Waals surface area contributed by atoms with E-state index in [1.807, 2.05) is 19.9 Å². The van der Waals surface area contributed by atoms with E-state index in [1.165, 1.54) is 6.20 Å². The third-order valence-corrected chi connectivity index (χ3v) is 3.72. The lowest BCUT2D eigenvalue weighted by Crippen LogP contribution is -2.45. The minimum absolute atomic E-state index is 0.155. The van der Waals surface area contributed by atoms with Crippen LogP contribution in [0.4, 0.5) is 5.69 Å². The molecule has 0 atom stereocenters. The second-order valence-electron chi connectivity index (χ2n) is 5.85. The maximum Gasteiger partial charge on any atom is 0.260 e. The van der Waals surface area contributed by atoms with Crippen LogP contribution in [0.1, 0.15) is 19.4 Å². The molecular weight excluding hydrogens is 322 g/mol. The molecule has 5 nitrogen and oxygen atoms in total. The van der Waals surface area contributed by atoms with Gasteiger partial charge in [0, 0.05) is 29.9 Å². The zero-order valence-electron chi connectivity index (χ0n) is 13.6. The van der Waals surface area contributed by atoms with Crippen molar-refractivity contribution in [2.24, 2.45) is 0 Å². The van der Waals surface area contributed by atoms with Crippen LogP contribution in [0.25, 0.3) is 0 Å². The van der Waals surface area contributed by atoms with Gasteiger partial charge in [-0.25, -0.2) is 0 Å². The van der Waals surface area contributed by atoms with Crippen molar-refractivity contribution in [1.29, 1.82) is 0 Å². The first kappa shape index (κ1) is 18.0. The molecule has 0 unspecified atom stereocenters. The van der Waals surface area contributed by atoms with Gasteiger partial charge in [-0.15, -0.1) is 6.42 Å². The number of hydrogen-bond donors (Lipinski definition) is 2. The molecule has 1 amide bonds. The van der Waals surface area contributed by atoms with Gasteiger partial charge in [-0.05, 0) is 37.6 Å². The molecule has 0 aliphatic heterocycles. The largest absolute Gasteiger partial charge is 0.339 e. The predicted molar refractivity (Wildman–Crippen MR) is 98.6 cm³/mol. The van der Waals surface area contributed by atoms with Crippen molar-refractivity contribution in [3.8, 4) is 12.3 Å². The van der Waals surface area contributed by atoms with Crippen molar-refractivity contribution in [1.82, 2.24) is 15.2 Å². The smallest absolute Gasteiger partial charge is 0.260 e. The number of amides is 1. The fourth-order valence-electron chi connectivity index (χ4n) is 1.94. The van der Waals surface area contributed by atoms with Crippen molar-refractivity contribution in [3.05, 3.63) is 47.4 Å². The molecule has 0 bridgehead atoms. The molecule has 2 heterocycles. The van der Waals surface area contributed by atoms with Crippen molar-refractivity contribution in [2.45, 2.75) is 25.8 Å². The molecular formula is C17H18BClN4O. The second kappa shape index (κ2) is 7.96. The molecule has 0 fully saturated rings. The highest BCUT2D eigenvalue weighted by Gasteiger charge is 2.14. The summed E-state index contributed by atoms with van der Waals surface area (Å²) in [6.45, 7) is 3.83. The van der Waals surface area contributed by atoms with Gasteiger partial charge in [0.05, 0.1) is 17.0 Å². The summed E-state index contributed by atoms with van der Waals surface area (Å²) < 4.78 is 0. The summed E-state index contributed by atoms with van der Waals surface area (Å²) in [5, 5.41) is 6.54. The van der Waals surface area contributed by atoms with Crippen LogP contribution in [-0.4, -0.2) is 28.8 Å². The van der Waals surface area contributed by atoms with Gasteiger partial charge >= 0.3 is 0 Å². The fraction of sp³-hybridized carbons (Fsp3) is 0.235. The summed E-state index contributed by atoms with van der Waals surface area (Å²) in [6.07, 6.45) is 10.4. The normalized spacial score (nSPS) is 10.8. The van der Waals surface area contributed by atoms with Crippen LogP contribution in [0.2, 0.25) is 5.02 Å². The Bertz CT molecular complexity index is 773. The quantitative estimate of drug-likeness (QED) is 0.614. The molecule has 0 aliphatic rings. The Kier molecular flexibility index (Phi) is 5.96. The summed E-state index contributed by atoms with van der Waals surface area (Å²) in [5.41, 5.74) is 1.78. The number of hydrogen-bond acceptors (Lipinski definition) is 4. The van der Waals surface area contributed by atoms with Gasteiger partial charge in [-0.3, -0.25) is 14.8 Å². The molecule has 2 rings (SSSR count). The molecule has 0 aromatic carbocycles. The second-order valence-corrected chi connectivity index (χ2v) is 6.26. The lowest BCUT2D eigenvalue weighted by Gasteiger charge is -2.18. The highest BCUT2D eigenvalue weighted by Crippen LogP contribution is 2.14. The van der Waals surface area contributed by atoms with Crippen molar-refractivity contribution in [2.75, 3.05) is 5.32 Å². The van der Waals surface area contributed by atoms with Crippen molar-refractivity contribution < 1.29 is 4.79 Å². The molecule has 2 N–H and O–H groups in total. The van der Waals surface area contributed by atoms with Crippen LogP contribution in [0, 0.1) is 12.3 Å². The predicted octanol–water partition coefficient (Wildman–Crippen LogP) is 1.29. The number of halogens is 1. The number of pyridine rings is 2. The van der Waals surface area contributed by atoms with E-state index in [1.54, 1.807) is 24.5 Å². The van der Waals surface area contributed by atoms with Crippen molar-refractivity contribution in [3.63, 3.8) is 0 Å². The molecule has 0 spiro atoms. The van der Waals surface area contributed by atoms with Crippen LogP contribution >= 0.6 is 11.6 Å². The third-order valence-electron chi connectivity index (χ3n) is 3.38. The van der Waals surface area contributed by atoms with E-state index >= 15 is 0 Å². The Morgan fingerprint density at radius 1 is 1.42 bits per heavy atom. The zero-order valence-corrected chi connectivity index (χ0v) is 14.4. The number of carbonyl (C=O) groups is 1. The topological polar surface area (TPSA) is 66.9 Å². The van der Waals surface area contributed by atoms with E-state index in [4.69, 9.17) is 18.0 Å². The van der Waals surface area contributed by atoms with Crippen LogP contribution in [0.5, 0.6) is 0 Å². The van der Waals surface area contributed by atoms with Gasteiger partial charge in [-0.1, -0.05) is 17.5 Å². The van der Waals surface area contributed by atoms with Crippen molar-refractivity contribution >= 4 is 36.2 Å². The van der Waals surface area contributed by atoms with E-state index < -0.39 is 5.54 Å². The van der Waals surface area contributed by atoms with E-state index in [0.717, 1.165) is 11.2 Å². The van der Waals surface area contributed by atoms with Crippen LogP contribution < -0.4 is 16.1 Å². The molecule has 2 aromatic rings. The van der Waals surface area contributed by atoms with E-state index in [9.17, 15) is 4.79 Å².